The third-order valence-electron chi connectivity index (χ3n) is 2.48. The number of imidazole rings is 1. The molecule has 14 heavy (non-hydrogen) atoms. The summed E-state index contributed by atoms with van der Waals surface area (Å²) >= 11 is 0. The first-order chi connectivity index (χ1) is 6.76. The van der Waals surface area contributed by atoms with Crippen LogP contribution in [-0.2, 0) is 11.2 Å². The highest BCUT2D eigenvalue weighted by Gasteiger charge is 2.31. The standard InChI is InChI=1S/C10H14N2O2/c1-3-7-11-8(6-4-5-6)9(12-7)10(13)14-2/h6H,3-5H2,1-2H3,(H,11,12). The van der Waals surface area contributed by atoms with Crippen molar-refractivity contribution in [2.45, 2.75) is 32.1 Å². The van der Waals surface area contributed by atoms with Crippen molar-refractivity contribution in [1.29, 1.82) is 0 Å². The Balaban J connectivity index is 2.34. The Labute approximate surface area is 82.7 Å². The van der Waals surface area contributed by atoms with Gasteiger partial charge in [-0.1, -0.05) is 6.92 Å². The lowest BCUT2D eigenvalue weighted by molar-refractivity contribution is 0.0593. The number of hydrogen-bond acceptors (Lipinski definition) is 3. The molecule has 0 spiro atoms. The number of methoxy groups -OCH3 is 1. The fourth-order valence-corrected chi connectivity index (χ4v) is 1.52. The van der Waals surface area contributed by atoms with E-state index in [1.54, 1.807) is 0 Å². The second-order valence-corrected chi connectivity index (χ2v) is 3.57. The molecule has 1 aromatic heterocycles. The predicted octanol–water partition coefficient (Wildman–Crippen LogP) is 1.64. The SMILES string of the molecule is CCc1nc(C(=O)OC)c(C2CC2)[nH]1. The van der Waals surface area contributed by atoms with Gasteiger partial charge in [-0.05, 0) is 12.8 Å². The number of aromatic nitrogens is 2. The van der Waals surface area contributed by atoms with Gasteiger partial charge in [0.05, 0.1) is 12.8 Å². The number of hydrogen-bond donors (Lipinski definition) is 1. The summed E-state index contributed by atoms with van der Waals surface area (Å²) in [6.45, 7) is 2.01. The maximum Gasteiger partial charge on any atom is 0.358 e. The van der Waals surface area contributed by atoms with Crippen LogP contribution in [0, 0.1) is 0 Å². The van der Waals surface area contributed by atoms with E-state index >= 15 is 0 Å². The Morgan fingerprint density at radius 1 is 1.64 bits per heavy atom. The smallest absolute Gasteiger partial charge is 0.358 e. The number of carbonyl (C=O) groups excluding carboxylic acids is 1. The van der Waals surface area contributed by atoms with Crippen molar-refractivity contribution in [2.75, 3.05) is 7.11 Å². The second-order valence-electron chi connectivity index (χ2n) is 3.57. The zero-order valence-electron chi connectivity index (χ0n) is 8.46. The molecule has 1 aliphatic rings. The third kappa shape index (κ3) is 1.52. The minimum atomic E-state index is -0.331. The van der Waals surface area contributed by atoms with E-state index in [0.29, 0.717) is 11.6 Å². The molecule has 2 rings (SSSR count). The molecule has 1 aromatic rings. The van der Waals surface area contributed by atoms with Crippen LogP contribution in [0.4, 0.5) is 0 Å². The van der Waals surface area contributed by atoms with Gasteiger partial charge < -0.3 is 9.72 Å². The molecule has 4 nitrogen and oxygen atoms in total. The van der Waals surface area contributed by atoms with Gasteiger partial charge >= 0.3 is 5.97 Å². The number of esters is 1. The van der Waals surface area contributed by atoms with Crippen molar-refractivity contribution < 1.29 is 9.53 Å². The van der Waals surface area contributed by atoms with Crippen molar-refractivity contribution >= 4 is 5.97 Å². The number of carbonyl (C=O) groups is 1. The highest BCUT2D eigenvalue weighted by Crippen LogP contribution is 2.40. The molecular weight excluding hydrogens is 180 g/mol. The lowest BCUT2D eigenvalue weighted by Gasteiger charge is -1.97. The number of aryl methyl sites for hydroxylation is 1. The highest BCUT2D eigenvalue weighted by molar-refractivity contribution is 5.88. The monoisotopic (exact) mass is 194 g/mol. The largest absolute Gasteiger partial charge is 0.464 e. The molecule has 1 fully saturated rings. The van der Waals surface area contributed by atoms with E-state index in [9.17, 15) is 4.79 Å². The molecule has 4 heteroatoms. The number of nitrogens with one attached hydrogen (secondary N) is 1. The van der Waals surface area contributed by atoms with Crippen LogP contribution in [0.15, 0.2) is 0 Å². The van der Waals surface area contributed by atoms with Crippen molar-refractivity contribution in [3.05, 3.63) is 17.2 Å². The summed E-state index contributed by atoms with van der Waals surface area (Å²) in [6.07, 6.45) is 3.11. The Morgan fingerprint density at radius 2 is 2.36 bits per heavy atom. The van der Waals surface area contributed by atoms with Crippen LogP contribution in [0.3, 0.4) is 0 Å². The molecule has 0 aliphatic heterocycles. The molecule has 1 aliphatic carbocycles. The number of ether oxygens (including phenoxy) is 1. The molecule has 1 heterocycles. The van der Waals surface area contributed by atoms with Crippen LogP contribution in [-0.4, -0.2) is 23.0 Å². The Bertz CT molecular complexity index is 353. The van der Waals surface area contributed by atoms with Gasteiger partial charge in [0.1, 0.15) is 5.82 Å². The second kappa shape index (κ2) is 3.44. The van der Waals surface area contributed by atoms with Gasteiger partial charge in [-0.15, -0.1) is 0 Å². The Hall–Kier alpha value is -1.32. The molecule has 1 N–H and O–H groups in total. The van der Waals surface area contributed by atoms with Gasteiger partial charge in [0, 0.05) is 12.3 Å². The number of H-pyrrole nitrogens is 1. The maximum atomic E-state index is 11.4. The molecule has 1 saturated carbocycles. The molecule has 0 amide bonds. The summed E-state index contributed by atoms with van der Waals surface area (Å²) in [5.41, 5.74) is 1.44. The zero-order valence-corrected chi connectivity index (χ0v) is 8.46. The first-order valence-corrected chi connectivity index (χ1v) is 4.93. The fourth-order valence-electron chi connectivity index (χ4n) is 1.52. The van der Waals surface area contributed by atoms with Gasteiger partial charge in [-0.3, -0.25) is 0 Å². The molecule has 0 saturated heterocycles. The van der Waals surface area contributed by atoms with Gasteiger partial charge in [0.15, 0.2) is 5.69 Å². The number of rotatable bonds is 3. The van der Waals surface area contributed by atoms with E-state index in [0.717, 1.165) is 30.8 Å². The Kier molecular flexibility index (Phi) is 2.27. The van der Waals surface area contributed by atoms with Gasteiger partial charge in [-0.25, -0.2) is 9.78 Å². The lowest BCUT2D eigenvalue weighted by Crippen LogP contribution is -2.04. The zero-order chi connectivity index (χ0) is 10.1. The van der Waals surface area contributed by atoms with Crippen LogP contribution in [0.5, 0.6) is 0 Å². The van der Waals surface area contributed by atoms with E-state index < -0.39 is 0 Å². The first-order valence-electron chi connectivity index (χ1n) is 4.93. The summed E-state index contributed by atoms with van der Waals surface area (Å²) in [5.74, 6) is 1.03. The minimum absolute atomic E-state index is 0.331. The summed E-state index contributed by atoms with van der Waals surface area (Å²) < 4.78 is 4.69. The molecule has 0 unspecified atom stereocenters. The summed E-state index contributed by atoms with van der Waals surface area (Å²) in [4.78, 5) is 18.8. The van der Waals surface area contributed by atoms with Crippen LogP contribution < -0.4 is 0 Å². The van der Waals surface area contributed by atoms with E-state index in [2.05, 4.69) is 9.97 Å². The van der Waals surface area contributed by atoms with Crippen LogP contribution in [0.2, 0.25) is 0 Å². The minimum Gasteiger partial charge on any atom is -0.464 e. The lowest BCUT2D eigenvalue weighted by atomic mass is 10.2. The molecule has 76 valence electrons. The van der Waals surface area contributed by atoms with Crippen LogP contribution >= 0.6 is 0 Å². The van der Waals surface area contributed by atoms with E-state index in [1.807, 2.05) is 6.92 Å². The first kappa shape index (κ1) is 9.24. The van der Waals surface area contributed by atoms with Crippen LogP contribution in [0.25, 0.3) is 0 Å². The Morgan fingerprint density at radius 3 is 2.86 bits per heavy atom. The molecule has 0 bridgehead atoms. The normalized spacial score (nSPS) is 15.6. The summed E-state index contributed by atoms with van der Waals surface area (Å²) in [7, 11) is 1.39. The van der Waals surface area contributed by atoms with E-state index in [-0.39, 0.29) is 5.97 Å². The molecule has 0 aromatic carbocycles. The van der Waals surface area contributed by atoms with Crippen LogP contribution in [0.1, 0.15) is 47.7 Å². The van der Waals surface area contributed by atoms with Crippen molar-refractivity contribution in [3.8, 4) is 0 Å². The molecule has 0 radical (unpaired) electrons. The summed E-state index contributed by atoms with van der Waals surface area (Å²) in [5, 5.41) is 0. The van der Waals surface area contributed by atoms with E-state index in [4.69, 9.17) is 4.74 Å². The van der Waals surface area contributed by atoms with E-state index in [1.165, 1.54) is 7.11 Å². The highest BCUT2D eigenvalue weighted by atomic mass is 16.5. The number of aromatic amines is 1. The molecule has 0 atom stereocenters. The van der Waals surface area contributed by atoms with Crippen molar-refractivity contribution in [1.82, 2.24) is 9.97 Å². The third-order valence-corrected chi connectivity index (χ3v) is 2.48. The average Bonchev–Trinajstić information content (AvgIpc) is 2.97. The maximum absolute atomic E-state index is 11.4. The van der Waals surface area contributed by atoms with Gasteiger partial charge in [0.2, 0.25) is 0 Å². The predicted molar refractivity (Wildman–Crippen MR) is 51.3 cm³/mol. The van der Waals surface area contributed by atoms with Gasteiger partial charge in [-0.2, -0.15) is 0 Å². The topological polar surface area (TPSA) is 55.0 Å². The quantitative estimate of drug-likeness (QED) is 0.744. The van der Waals surface area contributed by atoms with Crippen molar-refractivity contribution in [2.24, 2.45) is 0 Å². The number of nitrogens with zero attached hydrogens (tertiary/aromatic N) is 1. The van der Waals surface area contributed by atoms with Gasteiger partial charge in [0.25, 0.3) is 0 Å². The fraction of sp³-hybridized carbons (Fsp3) is 0.600. The van der Waals surface area contributed by atoms with Crippen molar-refractivity contribution in [3.63, 3.8) is 0 Å². The molecular formula is C10H14N2O2. The average molecular weight is 194 g/mol. The summed E-state index contributed by atoms with van der Waals surface area (Å²) in [6, 6.07) is 0.